The van der Waals surface area contributed by atoms with Gasteiger partial charge in [0.25, 0.3) is 0 Å². The molecule has 0 heterocycles. The zero-order valence-electron chi connectivity index (χ0n) is 14.1. The van der Waals surface area contributed by atoms with Gasteiger partial charge in [-0.15, -0.1) is 0 Å². The molecule has 0 fully saturated rings. The van der Waals surface area contributed by atoms with Crippen LogP contribution in [0, 0.1) is 0 Å². The second-order valence-corrected chi connectivity index (χ2v) is 7.78. The molecule has 0 unspecified atom stereocenters. The summed E-state index contributed by atoms with van der Waals surface area (Å²) < 4.78 is 27.3. The van der Waals surface area contributed by atoms with E-state index in [1.54, 1.807) is 28.6 Å². The highest BCUT2D eigenvalue weighted by molar-refractivity contribution is 7.89. The zero-order valence-corrected chi connectivity index (χ0v) is 14.9. The summed E-state index contributed by atoms with van der Waals surface area (Å²) in [6.07, 6.45) is 8.80. The molecule has 0 radical (unpaired) electrons. The van der Waals surface area contributed by atoms with Crippen molar-refractivity contribution in [1.82, 2.24) is 4.31 Å². The number of benzene rings is 1. The Balaban J connectivity index is 2.70. The standard InChI is InChI=1S/C18H31NO2S/c1-3-5-7-12-16-19(17-13-8-6-4-2)22(20,21)18-14-10-9-11-15-18/h9-11,14-15H,3-8,12-13,16-17H2,1-2H3. The highest BCUT2D eigenvalue weighted by Gasteiger charge is 2.23. The first kappa shape index (κ1) is 19.2. The number of hydrogen-bond acceptors (Lipinski definition) is 2. The fourth-order valence-corrected chi connectivity index (χ4v) is 4.06. The molecular formula is C18H31NO2S. The Morgan fingerprint density at radius 3 is 1.73 bits per heavy atom. The lowest BCUT2D eigenvalue weighted by molar-refractivity contribution is 0.385. The van der Waals surface area contributed by atoms with Crippen LogP contribution in [0.25, 0.3) is 0 Å². The molecule has 0 aliphatic carbocycles. The normalized spacial score (nSPS) is 12.0. The molecule has 1 aromatic rings. The van der Waals surface area contributed by atoms with Gasteiger partial charge in [-0.2, -0.15) is 4.31 Å². The average molecular weight is 326 g/mol. The van der Waals surface area contributed by atoms with Crippen molar-refractivity contribution < 1.29 is 8.42 Å². The lowest BCUT2D eigenvalue weighted by Crippen LogP contribution is -2.33. The van der Waals surface area contributed by atoms with Gasteiger partial charge in [-0.3, -0.25) is 0 Å². The third kappa shape index (κ3) is 6.49. The maximum Gasteiger partial charge on any atom is 0.243 e. The smallest absolute Gasteiger partial charge is 0.207 e. The van der Waals surface area contributed by atoms with Crippen LogP contribution in [-0.4, -0.2) is 25.8 Å². The summed E-state index contributed by atoms with van der Waals surface area (Å²) in [5.41, 5.74) is 0. The third-order valence-corrected chi connectivity index (χ3v) is 5.82. The summed E-state index contributed by atoms with van der Waals surface area (Å²) in [6, 6.07) is 8.82. The predicted molar refractivity (Wildman–Crippen MR) is 93.5 cm³/mol. The van der Waals surface area contributed by atoms with E-state index < -0.39 is 10.0 Å². The van der Waals surface area contributed by atoms with E-state index in [4.69, 9.17) is 0 Å². The minimum Gasteiger partial charge on any atom is -0.207 e. The van der Waals surface area contributed by atoms with Crippen molar-refractivity contribution in [2.45, 2.75) is 70.1 Å². The SMILES string of the molecule is CCCCCCN(CCCCCC)S(=O)(=O)c1ccccc1. The van der Waals surface area contributed by atoms with Gasteiger partial charge in [-0.05, 0) is 25.0 Å². The first-order valence-corrected chi connectivity index (χ1v) is 10.1. The van der Waals surface area contributed by atoms with Gasteiger partial charge in [0.05, 0.1) is 4.90 Å². The summed E-state index contributed by atoms with van der Waals surface area (Å²) in [7, 11) is -3.34. The lowest BCUT2D eigenvalue weighted by Gasteiger charge is -2.22. The van der Waals surface area contributed by atoms with Crippen LogP contribution in [0.4, 0.5) is 0 Å². The molecular weight excluding hydrogens is 294 g/mol. The highest BCUT2D eigenvalue weighted by atomic mass is 32.2. The second kappa shape index (κ2) is 10.8. The van der Waals surface area contributed by atoms with Crippen LogP contribution in [0.1, 0.15) is 65.2 Å². The highest BCUT2D eigenvalue weighted by Crippen LogP contribution is 2.17. The van der Waals surface area contributed by atoms with Crippen molar-refractivity contribution in [1.29, 1.82) is 0 Å². The molecule has 0 aliphatic rings. The van der Waals surface area contributed by atoms with Gasteiger partial charge in [0.15, 0.2) is 0 Å². The van der Waals surface area contributed by atoms with Gasteiger partial charge in [0.2, 0.25) is 10.0 Å². The minimum absolute atomic E-state index is 0.418. The molecule has 0 N–H and O–H groups in total. The second-order valence-electron chi connectivity index (χ2n) is 5.84. The average Bonchev–Trinajstić information content (AvgIpc) is 2.54. The molecule has 0 aliphatic heterocycles. The van der Waals surface area contributed by atoms with Crippen LogP contribution in [0.5, 0.6) is 0 Å². The Kier molecular flexibility index (Phi) is 9.41. The quantitative estimate of drug-likeness (QED) is 0.516. The Hall–Kier alpha value is -0.870. The summed E-state index contributed by atoms with van der Waals surface area (Å²) in [5, 5.41) is 0. The van der Waals surface area contributed by atoms with Crippen molar-refractivity contribution in [3.8, 4) is 0 Å². The van der Waals surface area contributed by atoms with Crippen molar-refractivity contribution in [2.24, 2.45) is 0 Å². The van der Waals surface area contributed by atoms with Crippen LogP contribution in [0.3, 0.4) is 0 Å². The summed E-state index contributed by atoms with van der Waals surface area (Å²) in [5.74, 6) is 0. The van der Waals surface area contributed by atoms with E-state index in [9.17, 15) is 8.42 Å². The molecule has 0 bridgehead atoms. The van der Waals surface area contributed by atoms with Gasteiger partial charge >= 0.3 is 0 Å². The Morgan fingerprint density at radius 2 is 1.27 bits per heavy atom. The molecule has 0 saturated carbocycles. The monoisotopic (exact) mass is 325 g/mol. The topological polar surface area (TPSA) is 37.4 Å². The molecule has 1 aromatic carbocycles. The molecule has 0 spiro atoms. The van der Waals surface area contributed by atoms with Crippen molar-refractivity contribution >= 4 is 10.0 Å². The maximum absolute atomic E-state index is 12.8. The lowest BCUT2D eigenvalue weighted by atomic mass is 10.2. The van der Waals surface area contributed by atoms with E-state index in [2.05, 4.69) is 13.8 Å². The number of hydrogen-bond donors (Lipinski definition) is 0. The first-order chi connectivity index (χ1) is 10.6. The fraction of sp³-hybridized carbons (Fsp3) is 0.667. The van der Waals surface area contributed by atoms with Gasteiger partial charge in [-0.25, -0.2) is 8.42 Å². The number of sulfonamides is 1. The van der Waals surface area contributed by atoms with Crippen LogP contribution in [0.15, 0.2) is 35.2 Å². The fourth-order valence-electron chi connectivity index (χ4n) is 2.52. The molecule has 22 heavy (non-hydrogen) atoms. The molecule has 4 heteroatoms. The van der Waals surface area contributed by atoms with E-state index in [0.717, 1.165) is 25.7 Å². The van der Waals surface area contributed by atoms with Crippen LogP contribution in [0.2, 0.25) is 0 Å². The van der Waals surface area contributed by atoms with E-state index in [1.165, 1.54) is 25.7 Å². The zero-order chi connectivity index (χ0) is 16.3. The van der Waals surface area contributed by atoms with Crippen molar-refractivity contribution in [3.05, 3.63) is 30.3 Å². The Labute approximate surface area is 136 Å². The van der Waals surface area contributed by atoms with E-state index >= 15 is 0 Å². The number of nitrogens with zero attached hydrogens (tertiary/aromatic N) is 1. The first-order valence-electron chi connectivity index (χ1n) is 8.68. The Morgan fingerprint density at radius 1 is 0.773 bits per heavy atom. The van der Waals surface area contributed by atoms with E-state index in [0.29, 0.717) is 18.0 Å². The largest absolute Gasteiger partial charge is 0.243 e. The van der Waals surface area contributed by atoms with Crippen LogP contribution >= 0.6 is 0 Å². The molecule has 0 atom stereocenters. The molecule has 0 saturated heterocycles. The Bertz CT molecular complexity index is 473. The van der Waals surface area contributed by atoms with Gasteiger partial charge in [-0.1, -0.05) is 70.6 Å². The minimum atomic E-state index is -3.34. The van der Waals surface area contributed by atoms with E-state index in [-0.39, 0.29) is 0 Å². The maximum atomic E-state index is 12.8. The molecule has 1 rings (SSSR count). The van der Waals surface area contributed by atoms with Crippen molar-refractivity contribution in [3.63, 3.8) is 0 Å². The molecule has 126 valence electrons. The van der Waals surface area contributed by atoms with Crippen molar-refractivity contribution in [2.75, 3.05) is 13.1 Å². The van der Waals surface area contributed by atoms with Gasteiger partial charge < -0.3 is 0 Å². The van der Waals surface area contributed by atoms with E-state index in [1.807, 2.05) is 6.07 Å². The summed E-state index contributed by atoms with van der Waals surface area (Å²) >= 11 is 0. The number of rotatable bonds is 12. The van der Waals surface area contributed by atoms with Gasteiger partial charge in [0, 0.05) is 13.1 Å². The van der Waals surface area contributed by atoms with Crippen LogP contribution in [-0.2, 0) is 10.0 Å². The predicted octanol–water partition coefficient (Wildman–Crippen LogP) is 4.84. The molecule has 3 nitrogen and oxygen atoms in total. The summed E-state index contributed by atoms with van der Waals surface area (Å²) in [4.78, 5) is 0.418. The number of unbranched alkanes of at least 4 members (excludes halogenated alkanes) is 6. The molecule has 0 aromatic heterocycles. The molecule has 0 amide bonds. The summed E-state index contributed by atoms with van der Waals surface area (Å²) in [6.45, 7) is 5.62. The van der Waals surface area contributed by atoms with Gasteiger partial charge in [0.1, 0.15) is 0 Å². The third-order valence-electron chi connectivity index (χ3n) is 3.90. The van der Waals surface area contributed by atoms with Crippen LogP contribution < -0.4 is 0 Å².